The van der Waals surface area contributed by atoms with Crippen molar-refractivity contribution < 1.29 is 23.1 Å². The summed E-state index contributed by atoms with van der Waals surface area (Å²) < 4.78 is 21.6. The molecule has 1 N–H and O–H groups in total. The van der Waals surface area contributed by atoms with Crippen molar-refractivity contribution in [2.75, 3.05) is 13.8 Å². The number of hydrogen-bond donors (Lipinski definition) is 1. The Kier molecular flexibility index (Phi) is 4.50. The molecule has 0 saturated carbocycles. The lowest BCUT2D eigenvalue weighted by Gasteiger charge is -2.14. The predicted molar refractivity (Wildman–Crippen MR) is 52.2 cm³/mol. The summed E-state index contributed by atoms with van der Waals surface area (Å²) in [5.41, 5.74) is 0. The molecule has 0 spiro atoms. The van der Waals surface area contributed by atoms with E-state index in [4.69, 9.17) is 4.42 Å². The first-order valence-corrected chi connectivity index (χ1v) is 4.63. The van der Waals surface area contributed by atoms with Gasteiger partial charge in [0.2, 0.25) is 0 Å². The highest BCUT2D eigenvalue weighted by atomic mass is 19.1. The Balaban J connectivity index is 2.69. The monoisotopic (exact) mass is 229 g/mol. The number of rotatable bonds is 5. The third-order valence-electron chi connectivity index (χ3n) is 1.94. The van der Waals surface area contributed by atoms with Crippen LogP contribution in [-0.2, 0) is 14.3 Å². The molecule has 6 heteroatoms. The summed E-state index contributed by atoms with van der Waals surface area (Å²) in [5.74, 6) is -0.932. The van der Waals surface area contributed by atoms with Crippen LogP contribution < -0.4 is 5.32 Å². The first-order chi connectivity index (χ1) is 7.67. The lowest BCUT2D eigenvalue weighted by Crippen LogP contribution is -2.31. The molecule has 0 aromatic carbocycles. The van der Waals surface area contributed by atoms with Gasteiger partial charge in [-0.05, 0) is 12.1 Å². The van der Waals surface area contributed by atoms with Crippen LogP contribution in [0.5, 0.6) is 0 Å². The minimum Gasteiger partial charge on any atom is -0.469 e. The van der Waals surface area contributed by atoms with Crippen molar-refractivity contribution in [1.29, 1.82) is 0 Å². The van der Waals surface area contributed by atoms with E-state index in [-0.39, 0.29) is 6.42 Å². The van der Waals surface area contributed by atoms with E-state index in [0.717, 1.165) is 0 Å². The number of hydrogen-bond acceptors (Lipinski definition) is 4. The SMILES string of the molecule is COC(=O)CC(NC(=O)CF)c1ccco1. The normalized spacial score (nSPS) is 11.9. The molecule has 16 heavy (non-hydrogen) atoms. The van der Waals surface area contributed by atoms with Crippen molar-refractivity contribution in [2.45, 2.75) is 12.5 Å². The second-order valence-electron chi connectivity index (χ2n) is 3.05. The van der Waals surface area contributed by atoms with E-state index >= 15 is 0 Å². The van der Waals surface area contributed by atoms with Gasteiger partial charge in [0.05, 0.1) is 25.8 Å². The van der Waals surface area contributed by atoms with Crippen LogP contribution in [0.25, 0.3) is 0 Å². The summed E-state index contributed by atoms with van der Waals surface area (Å²) in [6.45, 7) is -1.14. The largest absolute Gasteiger partial charge is 0.469 e. The number of carbonyl (C=O) groups is 2. The third-order valence-corrected chi connectivity index (χ3v) is 1.94. The molecule has 88 valence electrons. The molecule has 0 aliphatic carbocycles. The van der Waals surface area contributed by atoms with Crippen LogP contribution in [0.15, 0.2) is 22.8 Å². The van der Waals surface area contributed by atoms with Crippen LogP contribution in [0, 0.1) is 0 Å². The molecular formula is C10H12FNO4. The molecule has 1 amide bonds. The Bertz CT molecular complexity index is 332. The fraction of sp³-hybridized carbons (Fsp3) is 0.400. The average Bonchev–Trinajstić information content (AvgIpc) is 2.81. The van der Waals surface area contributed by atoms with Crippen LogP contribution in [0.1, 0.15) is 18.2 Å². The summed E-state index contributed by atoms with van der Waals surface area (Å²) in [5, 5.41) is 2.33. The maximum Gasteiger partial charge on any atom is 0.308 e. The van der Waals surface area contributed by atoms with Gasteiger partial charge < -0.3 is 14.5 Å². The number of ether oxygens (including phenoxy) is 1. The molecule has 1 unspecified atom stereocenters. The van der Waals surface area contributed by atoms with Crippen LogP contribution in [0.4, 0.5) is 4.39 Å². The first kappa shape index (κ1) is 12.2. The van der Waals surface area contributed by atoms with Gasteiger partial charge in [0.15, 0.2) is 6.67 Å². The van der Waals surface area contributed by atoms with Crippen molar-refractivity contribution in [3.63, 3.8) is 0 Å². The molecule has 0 aliphatic rings. The van der Waals surface area contributed by atoms with Gasteiger partial charge in [-0.25, -0.2) is 4.39 Å². The standard InChI is InChI=1S/C10H12FNO4/c1-15-10(14)5-7(12-9(13)6-11)8-3-2-4-16-8/h2-4,7H,5-6H2,1H3,(H,12,13). The molecule has 0 radical (unpaired) electrons. The van der Waals surface area contributed by atoms with E-state index in [9.17, 15) is 14.0 Å². The second kappa shape index (κ2) is 5.89. The Morgan fingerprint density at radius 1 is 1.62 bits per heavy atom. The highest BCUT2D eigenvalue weighted by Gasteiger charge is 2.20. The molecule has 0 bridgehead atoms. The molecule has 0 saturated heterocycles. The Morgan fingerprint density at radius 3 is 2.88 bits per heavy atom. The molecule has 1 atom stereocenters. The van der Waals surface area contributed by atoms with E-state index in [0.29, 0.717) is 5.76 Å². The maximum atomic E-state index is 12.0. The van der Waals surface area contributed by atoms with Gasteiger partial charge in [-0.15, -0.1) is 0 Å². The smallest absolute Gasteiger partial charge is 0.308 e. The summed E-state index contributed by atoms with van der Waals surface area (Å²) in [4.78, 5) is 22.0. The van der Waals surface area contributed by atoms with Crippen LogP contribution >= 0.6 is 0 Å². The van der Waals surface area contributed by atoms with Gasteiger partial charge >= 0.3 is 5.97 Å². The predicted octanol–water partition coefficient (Wildman–Crippen LogP) is 0.970. The van der Waals surface area contributed by atoms with Gasteiger partial charge in [-0.3, -0.25) is 9.59 Å². The minimum atomic E-state index is -1.14. The zero-order valence-corrected chi connectivity index (χ0v) is 8.73. The molecule has 5 nitrogen and oxygen atoms in total. The number of methoxy groups -OCH3 is 1. The molecular weight excluding hydrogens is 217 g/mol. The van der Waals surface area contributed by atoms with E-state index in [1.54, 1.807) is 12.1 Å². The van der Waals surface area contributed by atoms with Crippen molar-refractivity contribution in [2.24, 2.45) is 0 Å². The molecule has 1 heterocycles. The van der Waals surface area contributed by atoms with Crippen LogP contribution in [-0.4, -0.2) is 25.7 Å². The highest BCUT2D eigenvalue weighted by molar-refractivity contribution is 5.78. The van der Waals surface area contributed by atoms with Gasteiger partial charge in [0.25, 0.3) is 5.91 Å². The van der Waals surface area contributed by atoms with Crippen LogP contribution in [0.3, 0.4) is 0 Å². The lowest BCUT2D eigenvalue weighted by atomic mass is 10.1. The summed E-state index contributed by atoms with van der Waals surface area (Å²) in [7, 11) is 1.23. The van der Waals surface area contributed by atoms with Gasteiger partial charge in [0.1, 0.15) is 5.76 Å². The van der Waals surface area contributed by atoms with Gasteiger partial charge in [-0.2, -0.15) is 0 Å². The van der Waals surface area contributed by atoms with Crippen molar-refractivity contribution in [3.8, 4) is 0 Å². The molecule has 1 aromatic heterocycles. The zero-order valence-electron chi connectivity index (χ0n) is 8.73. The Morgan fingerprint density at radius 2 is 2.38 bits per heavy atom. The molecule has 1 rings (SSSR count). The Hall–Kier alpha value is -1.85. The number of esters is 1. The number of furan rings is 1. The molecule has 0 fully saturated rings. The van der Waals surface area contributed by atoms with Gasteiger partial charge in [0, 0.05) is 0 Å². The van der Waals surface area contributed by atoms with Crippen LogP contribution in [0.2, 0.25) is 0 Å². The number of halogens is 1. The summed E-state index contributed by atoms with van der Waals surface area (Å²) in [6, 6.07) is 2.50. The Labute approximate surface area is 91.6 Å². The molecule has 0 aliphatic heterocycles. The minimum absolute atomic E-state index is 0.101. The fourth-order valence-electron chi connectivity index (χ4n) is 1.20. The van der Waals surface area contributed by atoms with E-state index < -0.39 is 24.6 Å². The maximum absolute atomic E-state index is 12.0. The van der Waals surface area contributed by atoms with E-state index in [1.807, 2.05) is 0 Å². The third kappa shape index (κ3) is 3.38. The summed E-state index contributed by atoms with van der Waals surface area (Å²) in [6.07, 6.45) is 1.30. The quantitative estimate of drug-likeness (QED) is 0.764. The fourth-order valence-corrected chi connectivity index (χ4v) is 1.20. The first-order valence-electron chi connectivity index (χ1n) is 4.63. The molecule has 1 aromatic rings. The van der Waals surface area contributed by atoms with E-state index in [2.05, 4.69) is 10.1 Å². The van der Waals surface area contributed by atoms with Crippen molar-refractivity contribution in [3.05, 3.63) is 24.2 Å². The zero-order chi connectivity index (χ0) is 12.0. The number of alkyl halides is 1. The highest BCUT2D eigenvalue weighted by Crippen LogP contribution is 2.17. The van der Waals surface area contributed by atoms with Crippen molar-refractivity contribution in [1.82, 2.24) is 5.32 Å². The average molecular weight is 229 g/mol. The second-order valence-corrected chi connectivity index (χ2v) is 3.05. The van der Waals surface area contributed by atoms with E-state index in [1.165, 1.54) is 13.4 Å². The number of carbonyl (C=O) groups excluding carboxylic acids is 2. The number of amides is 1. The lowest BCUT2D eigenvalue weighted by molar-refractivity contribution is -0.141. The summed E-state index contributed by atoms with van der Waals surface area (Å²) >= 11 is 0. The van der Waals surface area contributed by atoms with Crippen molar-refractivity contribution >= 4 is 11.9 Å². The number of nitrogens with one attached hydrogen (secondary N) is 1. The topological polar surface area (TPSA) is 68.5 Å². The van der Waals surface area contributed by atoms with Gasteiger partial charge in [-0.1, -0.05) is 0 Å².